The third-order valence-electron chi connectivity index (χ3n) is 6.36. The summed E-state index contributed by atoms with van der Waals surface area (Å²) in [6, 6.07) is 5.74. The molecule has 0 aliphatic carbocycles. The number of anilines is 1. The van der Waals surface area contributed by atoms with Crippen molar-refractivity contribution >= 4 is 19.9 Å². The third-order valence-corrected chi connectivity index (χ3v) is 10.9. The summed E-state index contributed by atoms with van der Waals surface area (Å²) in [6.45, 7) is 15.6. The average molecular weight is 431 g/mol. The van der Waals surface area contributed by atoms with E-state index in [9.17, 15) is 4.79 Å². The molecule has 0 saturated heterocycles. The summed E-state index contributed by atoms with van der Waals surface area (Å²) < 4.78 is 6.45. The lowest BCUT2D eigenvalue weighted by atomic mass is 9.94. The molecule has 0 aromatic heterocycles. The molecule has 166 valence electrons. The Morgan fingerprint density at radius 2 is 2.00 bits per heavy atom. The molecule has 1 aliphatic heterocycles. The molecule has 1 aromatic rings. The molecule has 0 spiro atoms. The highest BCUT2D eigenvalue weighted by molar-refractivity contribution is 6.74. The number of aliphatic hydroxyl groups is 1. The lowest BCUT2D eigenvalue weighted by Crippen LogP contribution is -2.55. The number of likely N-dealkylation sites (N-methyl/N-ethyl adjacent to an activating group) is 1. The lowest BCUT2D eigenvalue weighted by Gasteiger charge is -2.40. The second kappa shape index (κ2) is 9.55. The van der Waals surface area contributed by atoms with E-state index >= 15 is 0 Å². The Kier molecular flexibility index (Phi) is 7.78. The molecule has 1 heterocycles. The molecule has 0 bridgehead atoms. The van der Waals surface area contributed by atoms with Crippen molar-refractivity contribution in [3.8, 4) is 11.8 Å². The van der Waals surface area contributed by atoms with Gasteiger partial charge in [0.25, 0.3) is 0 Å². The van der Waals surface area contributed by atoms with Crippen molar-refractivity contribution in [3.05, 3.63) is 29.3 Å². The zero-order valence-corrected chi connectivity index (χ0v) is 20.8. The zero-order valence-electron chi connectivity index (χ0n) is 19.8. The predicted molar refractivity (Wildman–Crippen MR) is 126 cm³/mol. The van der Waals surface area contributed by atoms with E-state index in [0.717, 1.165) is 11.3 Å². The van der Waals surface area contributed by atoms with Crippen LogP contribution in [0.5, 0.6) is 0 Å². The molecular formula is C24H38N2O3Si. The van der Waals surface area contributed by atoms with Crippen LogP contribution < -0.4 is 10.2 Å². The SMILES string of the molecule is CC(C)[C@H]1C(=O)N[C@H](CO[Si](C)(C)C(C)(C)C)Cc2ccc(C#CCO)cc2N1C. The number of nitrogens with zero attached hydrogens (tertiary/aromatic N) is 1. The summed E-state index contributed by atoms with van der Waals surface area (Å²) in [4.78, 5) is 15.2. The maximum atomic E-state index is 13.2. The summed E-state index contributed by atoms with van der Waals surface area (Å²) in [5.41, 5.74) is 3.03. The highest BCUT2D eigenvalue weighted by atomic mass is 28.4. The van der Waals surface area contributed by atoms with E-state index in [0.29, 0.717) is 13.0 Å². The Balaban J connectivity index is 2.40. The van der Waals surface area contributed by atoms with Crippen LogP contribution in [0, 0.1) is 17.8 Å². The molecule has 30 heavy (non-hydrogen) atoms. The molecule has 1 amide bonds. The number of fused-ring (bicyclic) bond motifs is 1. The zero-order chi connectivity index (χ0) is 22.7. The molecule has 2 rings (SSSR count). The molecule has 0 unspecified atom stereocenters. The van der Waals surface area contributed by atoms with Gasteiger partial charge in [0.2, 0.25) is 5.91 Å². The number of carbonyl (C=O) groups is 1. The Morgan fingerprint density at radius 1 is 1.33 bits per heavy atom. The van der Waals surface area contributed by atoms with Crippen LogP contribution >= 0.6 is 0 Å². The van der Waals surface area contributed by atoms with Gasteiger partial charge in [0.15, 0.2) is 8.32 Å². The van der Waals surface area contributed by atoms with E-state index in [-0.39, 0.29) is 35.6 Å². The smallest absolute Gasteiger partial charge is 0.243 e. The monoisotopic (exact) mass is 430 g/mol. The van der Waals surface area contributed by atoms with E-state index in [1.165, 1.54) is 5.56 Å². The number of rotatable bonds is 4. The quantitative estimate of drug-likeness (QED) is 0.566. The van der Waals surface area contributed by atoms with Crippen LogP contribution in [0.15, 0.2) is 18.2 Å². The summed E-state index contributed by atoms with van der Waals surface area (Å²) in [7, 11) is 0.0596. The van der Waals surface area contributed by atoms with Gasteiger partial charge in [-0.1, -0.05) is 52.5 Å². The minimum absolute atomic E-state index is 0.0360. The van der Waals surface area contributed by atoms with E-state index in [4.69, 9.17) is 9.53 Å². The van der Waals surface area contributed by atoms with Gasteiger partial charge in [0.05, 0.1) is 12.6 Å². The van der Waals surface area contributed by atoms with Crippen molar-refractivity contribution in [3.63, 3.8) is 0 Å². The Morgan fingerprint density at radius 3 is 2.57 bits per heavy atom. The molecule has 5 nitrogen and oxygen atoms in total. The summed E-state index contributed by atoms with van der Waals surface area (Å²) in [6.07, 6.45) is 0.707. The van der Waals surface area contributed by atoms with Gasteiger partial charge in [-0.3, -0.25) is 4.79 Å². The molecule has 0 fully saturated rings. The maximum absolute atomic E-state index is 13.2. The van der Waals surface area contributed by atoms with Crippen molar-refractivity contribution in [1.82, 2.24) is 5.32 Å². The molecule has 1 aromatic carbocycles. The number of aliphatic hydroxyl groups excluding tert-OH is 1. The molecule has 0 radical (unpaired) electrons. The number of amides is 1. The topological polar surface area (TPSA) is 61.8 Å². The van der Waals surface area contributed by atoms with Gasteiger partial charge in [-0.25, -0.2) is 0 Å². The largest absolute Gasteiger partial charge is 0.415 e. The standard InChI is InChI=1S/C24H38N2O3Si/c1-17(2)22-23(28)25-20(16-29-30(7,8)24(3,4)5)15-19-12-11-18(10-9-13-27)14-21(19)26(22)6/h11-12,14,17,20,22,27H,13,15-16H2,1-8H3,(H,25,28)/t20-,22-/m0/s1. The van der Waals surface area contributed by atoms with E-state index in [2.05, 4.69) is 75.8 Å². The van der Waals surface area contributed by atoms with Crippen LogP contribution in [0.1, 0.15) is 45.7 Å². The first-order valence-electron chi connectivity index (χ1n) is 10.8. The Labute approximate surface area is 183 Å². The van der Waals surface area contributed by atoms with Crippen molar-refractivity contribution < 1.29 is 14.3 Å². The van der Waals surface area contributed by atoms with E-state index in [1.54, 1.807) is 0 Å². The predicted octanol–water partition coefficient (Wildman–Crippen LogP) is 3.55. The number of hydrogen-bond acceptors (Lipinski definition) is 4. The van der Waals surface area contributed by atoms with Crippen LogP contribution in [0.2, 0.25) is 18.1 Å². The van der Waals surface area contributed by atoms with Crippen LogP contribution in [-0.2, 0) is 15.6 Å². The summed E-state index contributed by atoms with van der Waals surface area (Å²) in [5, 5.41) is 12.4. The van der Waals surface area contributed by atoms with Gasteiger partial charge in [-0.05, 0) is 48.2 Å². The molecule has 2 N–H and O–H groups in total. The number of benzene rings is 1. The second-order valence-electron chi connectivity index (χ2n) is 10.1. The van der Waals surface area contributed by atoms with Crippen LogP contribution in [0.4, 0.5) is 5.69 Å². The fraction of sp³-hybridized carbons (Fsp3) is 0.625. The molecule has 6 heteroatoms. The maximum Gasteiger partial charge on any atom is 0.243 e. The number of nitrogens with one attached hydrogen (secondary N) is 1. The van der Waals surface area contributed by atoms with Crippen molar-refractivity contribution in [2.24, 2.45) is 5.92 Å². The van der Waals surface area contributed by atoms with Gasteiger partial charge in [0, 0.05) is 18.3 Å². The molecule has 0 saturated carbocycles. The molecular weight excluding hydrogens is 392 g/mol. The van der Waals surface area contributed by atoms with E-state index < -0.39 is 8.32 Å². The van der Waals surface area contributed by atoms with Crippen molar-refractivity contribution in [2.45, 2.75) is 71.3 Å². The average Bonchev–Trinajstić information content (AvgIpc) is 2.63. The molecule has 2 atom stereocenters. The summed E-state index contributed by atoms with van der Waals surface area (Å²) in [5.74, 6) is 5.88. The minimum atomic E-state index is -1.91. The summed E-state index contributed by atoms with van der Waals surface area (Å²) >= 11 is 0. The molecule has 1 aliphatic rings. The fourth-order valence-electron chi connectivity index (χ4n) is 3.59. The highest BCUT2D eigenvalue weighted by Crippen LogP contribution is 2.37. The Bertz CT molecular complexity index is 818. The first-order chi connectivity index (χ1) is 13.9. The van der Waals surface area contributed by atoms with Crippen molar-refractivity contribution in [1.29, 1.82) is 0 Å². The Hall–Kier alpha value is -1.81. The van der Waals surface area contributed by atoms with Crippen LogP contribution in [-0.4, -0.2) is 51.7 Å². The van der Waals surface area contributed by atoms with Crippen LogP contribution in [0.3, 0.4) is 0 Å². The second-order valence-corrected chi connectivity index (χ2v) is 14.9. The van der Waals surface area contributed by atoms with Gasteiger partial charge in [-0.2, -0.15) is 0 Å². The fourth-order valence-corrected chi connectivity index (χ4v) is 4.64. The lowest BCUT2D eigenvalue weighted by molar-refractivity contribution is -0.124. The van der Waals surface area contributed by atoms with Gasteiger partial charge >= 0.3 is 0 Å². The van der Waals surface area contributed by atoms with Gasteiger partial charge in [0.1, 0.15) is 12.6 Å². The highest BCUT2D eigenvalue weighted by Gasteiger charge is 2.38. The van der Waals surface area contributed by atoms with Gasteiger partial charge in [-0.15, -0.1) is 0 Å². The normalized spacial score (nSPS) is 20.1. The van der Waals surface area contributed by atoms with Crippen molar-refractivity contribution in [2.75, 3.05) is 25.2 Å². The minimum Gasteiger partial charge on any atom is -0.415 e. The first kappa shape index (κ1) is 24.5. The number of hydrogen-bond donors (Lipinski definition) is 2. The van der Waals surface area contributed by atoms with E-state index in [1.807, 2.05) is 19.2 Å². The van der Waals surface area contributed by atoms with Gasteiger partial charge < -0.3 is 19.7 Å². The van der Waals surface area contributed by atoms with Crippen LogP contribution in [0.25, 0.3) is 0 Å². The first-order valence-corrected chi connectivity index (χ1v) is 13.7. The number of carbonyl (C=O) groups excluding carboxylic acids is 1. The third kappa shape index (κ3) is 5.66.